The van der Waals surface area contributed by atoms with Crippen molar-refractivity contribution in [2.45, 2.75) is 24.4 Å². The number of methoxy groups -OCH3 is 2. The Bertz CT molecular complexity index is 1240. The van der Waals surface area contributed by atoms with Crippen molar-refractivity contribution < 1.29 is 23.9 Å². The number of esters is 2. The van der Waals surface area contributed by atoms with E-state index in [4.69, 9.17) is 9.47 Å². The minimum atomic E-state index is -0.872. The van der Waals surface area contributed by atoms with Gasteiger partial charge in [0.2, 0.25) is 0 Å². The Kier molecular flexibility index (Phi) is 5.99. The minimum absolute atomic E-state index is 0.0553. The highest BCUT2D eigenvalue weighted by Crippen LogP contribution is 2.56. The molecule has 6 heteroatoms. The van der Waals surface area contributed by atoms with Crippen LogP contribution in [-0.2, 0) is 29.4 Å². The number of hydrogen-bond donors (Lipinski definition) is 0. The normalized spacial score (nSPS) is 20.2. The molecular weight excluding hydrogens is 442 g/mol. The van der Waals surface area contributed by atoms with Crippen LogP contribution >= 0.6 is 0 Å². The third-order valence-corrected chi connectivity index (χ3v) is 7.33. The summed E-state index contributed by atoms with van der Waals surface area (Å²) in [6.07, 6.45) is 0.274. The van der Waals surface area contributed by atoms with E-state index in [2.05, 4.69) is 24.3 Å². The van der Waals surface area contributed by atoms with Crippen LogP contribution in [0.2, 0.25) is 0 Å². The largest absolute Gasteiger partial charge is 0.469 e. The molecule has 0 aromatic heterocycles. The van der Waals surface area contributed by atoms with Gasteiger partial charge in [0.1, 0.15) is 6.04 Å². The molecule has 2 aliphatic rings. The maximum atomic E-state index is 13.5. The van der Waals surface area contributed by atoms with Crippen molar-refractivity contribution in [2.24, 2.45) is 5.92 Å². The van der Waals surface area contributed by atoms with Crippen molar-refractivity contribution in [3.8, 4) is 11.1 Å². The van der Waals surface area contributed by atoms with Crippen molar-refractivity contribution in [3.63, 3.8) is 0 Å². The summed E-state index contributed by atoms with van der Waals surface area (Å²) in [6.45, 7) is 0.0587. The van der Waals surface area contributed by atoms with Crippen LogP contribution in [0.3, 0.4) is 0 Å². The van der Waals surface area contributed by atoms with Gasteiger partial charge < -0.3 is 9.47 Å². The summed E-state index contributed by atoms with van der Waals surface area (Å²) in [4.78, 5) is 40.7. The Balaban J connectivity index is 1.76. The molecule has 0 radical (unpaired) electrons. The van der Waals surface area contributed by atoms with E-state index >= 15 is 0 Å². The molecule has 35 heavy (non-hydrogen) atoms. The van der Waals surface area contributed by atoms with Crippen LogP contribution in [0.5, 0.6) is 0 Å². The highest BCUT2D eigenvalue weighted by Gasteiger charge is 2.58. The molecule has 0 unspecified atom stereocenters. The number of carbonyl (C=O) groups is 3. The second-order valence-corrected chi connectivity index (χ2v) is 8.95. The number of hydrogen-bond acceptors (Lipinski definition) is 6. The van der Waals surface area contributed by atoms with Gasteiger partial charge in [-0.3, -0.25) is 19.3 Å². The van der Waals surface area contributed by atoms with E-state index in [1.807, 2.05) is 59.5 Å². The van der Waals surface area contributed by atoms with Gasteiger partial charge in [0.25, 0.3) is 0 Å². The van der Waals surface area contributed by atoms with Gasteiger partial charge in [0.15, 0.2) is 5.78 Å². The number of ketones is 1. The van der Waals surface area contributed by atoms with Crippen molar-refractivity contribution in [2.75, 3.05) is 20.8 Å². The first-order valence-electron chi connectivity index (χ1n) is 11.7. The SMILES string of the molecule is COC(=O)CC[C@@H]1C(=O)CN(C2(c3ccccc3)c3ccccc3-c3ccccc32)[C@@H]1C(=O)OC. The average molecular weight is 470 g/mol. The second kappa shape index (κ2) is 9.12. The first kappa shape index (κ1) is 23.0. The molecule has 1 aliphatic carbocycles. The van der Waals surface area contributed by atoms with Crippen LogP contribution in [0.4, 0.5) is 0 Å². The van der Waals surface area contributed by atoms with Gasteiger partial charge in [-0.15, -0.1) is 0 Å². The molecule has 5 rings (SSSR count). The molecule has 0 saturated carbocycles. The van der Waals surface area contributed by atoms with Crippen LogP contribution in [0.15, 0.2) is 78.9 Å². The lowest BCUT2D eigenvalue weighted by atomic mass is 9.78. The van der Waals surface area contributed by atoms with Crippen LogP contribution in [0.25, 0.3) is 11.1 Å². The van der Waals surface area contributed by atoms with Gasteiger partial charge in [-0.05, 0) is 34.2 Å². The molecule has 0 N–H and O–H groups in total. The number of fused-ring (bicyclic) bond motifs is 3. The summed E-state index contributed by atoms with van der Waals surface area (Å²) < 4.78 is 10.0. The monoisotopic (exact) mass is 469 g/mol. The van der Waals surface area contributed by atoms with Gasteiger partial charge in [0.05, 0.1) is 26.3 Å². The van der Waals surface area contributed by atoms with Crippen LogP contribution in [0, 0.1) is 5.92 Å². The lowest BCUT2D eigenvalue weighted by Crippen LogP contribution is -2.53. The number of Topliss-reactive ketones (excluding diaryl/α,β-unsaturated/α-hetero) is 1. The van der Waals surface area contributed by atoms with Crippen molar-refractivity contribution in [1.29, 1.82) is 0 Å². The Morgan fingerprint density at radius 3 is 2.00 bits per heavy atom. The standard InChI is InChI=1S/C29H27NO5/c1-34-26(32)17-16-22-25(31)18-30(27(22)28(33)35-2)29(19-10-4-3-5-11-19)23-14-8-6-12-20(23)21-13-7-9-15-24(21)29/h3-15,22,27H,16-18H2,1-2H3/t22-,27+/m1/s1. The van der Waals surface area contributed by atoms with Crippen LogP contribution in [-0.4, -0.2) is 49.4 Å². The summed E-state index contributed by atoms with van der Waals surface area (Å²) in [7, 11) is 2.66. The zero-order valence-corrected chi connectivity index (χ0v) is 19.8. The molecule has 3 aromatic rings. The zero-order chi connectivity index (χ0) is 24.6. The first-order chi connectivity index (χ1) is 17.0. The van der Waals surface area contributed by atoms with E-state index in [1.165, 1.54) is 14.2 Å². The summed E-state index contributed by atoms with van der Waals surface area (Å²) >= 11 is 0. The van der Waals surface area contributed by atoms with E-state index in [9.17, 15) is 14.4 Å². The summed E-state index contributed by atoms with van der Waals surface area (Å²) in [5, 5.41) is 0. The fourth-order valence-electron chi connectivity index (χ4n) is 5.89. The number of rotatable bonds is 6. The number of carbonyl (C=O) groups excluding carboxylic acids is 3. The Labute approximate surface area is 204 Å². The van der Waals surface area contributed by atoms with E-state index in [1.54, 1.807) is 0 Å². The Morgan fingerprint density at radius 1 is 0.857 bits per heavy atom. The van der Waals surface area contributed by atoms with E-state index < -0.39 is 29.4 Å². The molecule has 1 fully saturated rings. The average Bonchev–Trinajstić information content (AvgIpc) is 3.39. The molecule has 6 nitrogen and oxygen atoms in total. The maximum absolute atomic E-state index is 13.5. The van der Waals surface area contributed by atoms with Crippen molar-refractivity contribution >= 4 is 17.7 Å². The van der Waals surface area contributed by atoms with Gasteiger partial charge in [-0.2, -0.15) is 0 Å². The van der Waals surface area contributed by atoms with Gasteiger partial charge in [-0.25, -0.2) is 0 Å². The predicted molar refractivity (Wildman–Crippen MR) is 130 cm³/mol. The van der Waals surface area contributed by atoms with Gasteiger partial charge >= 0.3 is 11.9 Å². The summed E-state index contributed by atoms with van der Waals surface area (Å²) in [5.74, 6) is -1.65. The molecular formula is C29H27NO5. The fraction of sp³-hybridized carbons (Fsp3) is 0.276. The zero-order valence-electron chi connectivity index (χ0n) is 19.8. The number of nitrogens with zero attached hydrogens (tertiary/aromatic N) is 1. The van der Waals surface area contributed by atoms with Crippen molar-refractivity contribution in [3.05, 3.63) is 95.6 Å². The predicted octanol–water partition coefficient (Wildman–Crippen LogP) is 3.95. The first-order valence-corrected chi connectivity index (χ1v) is 11.7. The lowest BCUT2D eigenvalue weighted by molar-refractivity contribution is -0.150. The molecule has 1 saturated heterocycles. The molecule has 1 heterocycles. The third kappa shape index (κ3) is 3.48. The maximum Gasteiger partial charge on any atom is 0.323 e. The topological polar surface area (TPSA) is 72.9 Å². The smallest absolute Gasteiger partial charge is 0.323 e. The highest BCUT2D eigenvalue weighted by molar-refractivity contribution is 5.95. The third-order valence-electron chi connectivity index (χ3n) is 7.33. The van der Waals surface area contributed by atoms with E-state index in [0.29, 0.717) is 0 Å². The lowest BCUT2D eigenvalue weighted by Gasteiger charge is -2.44. The van der Waals surface area contributed by atoms with Gasteiger partial charge in [-0.1, -0.05) is 78.9 Å². The fourth-order valence-corrected chi connectivity index (χ4v) is 5.89. The molecule has 3 aromatic carbocycles. The summed E-state index contributed by atoms with van der Waals surface area (Å²) in [5.41, 5.74) is 4.27. The molecule has 2 atom stereocenters. The molecule has 1 aliphatic heterocycles. The number of ether oxygens (including phenoxy) is 2. The Hall–Kier alpha value is -3.77. The molecule has 0 spiro atoms. The number of likely N-dealkylation sites (tertiary alicyclic amines) is 1. The van der Waals surface area contributed by atoms with E-state index in [-0.39, 0.29) is 25.2 Å². The molecule has 0 amide bonds. The Morgan fingerprint density at radius 2 is 1.43 bits per heavy atom. The van der Waals surface area contributed by atoms with Crippen LogP contribution < -0.4 is 0 Å². The minimum Gasteiger partial charge on any atom is -0.469 e. The molecule has 0 bridgehead atoms. The van der Waals surface area contributed by atoms with E-state index in [0.717, 1.165) is 27.8 Å². The second-order valence-electron chi connectivity index (χ2n) is 8.95. The summed E-state index contributed by atoms with van der Waals surface area (Å²) in [6, 6.07) is 25.4. The molecule has 178 valence electrons. The highest BCUT2D eigenvalue weighted by atomic mass is 16.5. The quantitative estimate of drug-likeness (QED) is 0.509. The number of benzene rings is 3. The van der Waals surface area contributed by atoms with Crippen molar-refractivity contribution in [1.82, 2.24) is 4.90 Å². The van der Waals surface area contributed by atoms with Crippen LogP contribution in [0.1, 0.15) is 29.5 Å². The van der Waals surface area contributed by atoms with Gasteiger partial charge in [0, 0.05) is 12.3 Å².